The van der Waals surface area contributed by atoms with Crippen LogP contribution >= 0.6 is 0 Å². The molecule has 1 N–H and O–H groups in total. The topological polar surface area (TPSA) is 111 Å². The summed E-state index contributed by atoms with van der Waals surface area (Å²) >= 11 is 0. The van der Waals surface area contributed by atoms with E-state index in [1.54, 1.807) is 32.9 Å². The highest BCUT2D eigenvalue weighted by atomic mass is 32.2. The molecule has 2 aromatic carbocycles. The van der Waals surface area contributed by atoms with Gasteiger partial charge in [-0.05, 0) is 56.7 Å². The lowest BCUT2D eigenvalue weighted by molar-refractivity contribution is 0.0429. The number of esters is 1. The van der Waals surface area contributed by atoms with Gasteiger partial charge in [0.05, 0.1) is 10.5 Å². The quantitative estimate of drug-likeness (QED) is 0.570. The van der Waals surface area contributed by atoms with Crippen LogP contribution in [0.1, 0.15) is 35.7 Å². The number of hydrogen-bond donors (Lipinski definition) is 1. The Balaban J connectivity index is 1.63. The number of nitrogens with one attached hydrogen (secondary N) is 1. The SMILES string of the molecule is Cc1ccc(-c2noc(COC(=O)c3ccc(S(=O)(=O)NC(C)C)cc3)n2)cc1F. The summed E-state index contributed by atoms with van der Waals surface area (Å²) in [6.45, 7) is 4.78. The summed E-state index contributed by atoms with van der Waals surface area (Å²) in [5.74, 6) is -0.858. The van der Waals surface area contributed by atoms with Crippen LogP contribution in [0.3, 0.4) is 0 Å². The Bertz CT molecular complexity index is 1160. The van der Waals surface area contributed by atoms with Gasteiger partial charge >= 0.3 is 5.97 Å². The average molecular weight is 433 g/mol. The monoisotopic (exact) mass is 433 g/mol. The van der Waals surface area contributed by atoms with E-state index in [1.807, 2.05) is 0 Å². The molecular weight excluding hydrogens is 413 g/mol. The highest BCUT2D eigenvalue weighted by Gasteiger charge is 2.17. The van der Waals surface area contributed by atoms with E-state index in [4.69, 9.17) is 9.26 Å². The van der Waals surface area contributed by atoms with Crippen LogP contribution in [0.15, 0.2) is 51.9 Å². The van der Waals surface area contributed by atoms with Crippen molar-refractivity contribution in [2.45, 2.75) is 38.3 Å². The van der Waals surface area contributed by atoms with Crippen LogP contribution in [0, 0.1) is 12.7 Å². The third kappa shape index (κ3) is 5.08. The van der Waals surface area contributed by atoms with Gasteiger partial charge in [-0.3, -0.25) is 0 Å². The van der Waals surface area contributed by atoms with Crippen molar-refractivity contribution in [2.75, 3.05) is 0 Å². The zero-order valence-corrected chi connectivity index (χ0v) is 17.4. The minimum Gasteiger partial charge on any atom is -0.452 e. The molecule has 30 heavy (non-hydrogen) atoms. The largest absolute Gasteiger partial charge is 0.452 e. The molecule has 0 aliphatic rings. The maximum atomic E-state index is 13.7. The van der Waals surface area contributed by atoms with Gasteiger partial charge in [-0.15, -0.1) is 0 Å². The number of ether oxygens (including phenoxy) is 1. The van der Waals surface area contributed by atoms with Crippen molar-refractivity contribution < 1.29 is 26.9 Å². The van der Waals surface area contributed by atoms with E-state index in [0.717, 1.165) is 0 Å². The molecule has 3 aromatic rings. The van der Waals surface area contributed by atoms with E-state index in [9.17, 15) is 17.6 Å². The lowest BCUT2D eigenvalue weighted by Crippen LogP contribution is -2.30. The first-order valence-corrected chi connectivity index (χ1v) is 10.5. The van der Waals surface area contributed by atoms with Gasteiger partial charge in [0.2, 0.25) is 15.8 Å². The summed E-state index contributed by atoms with van der Waals surface area (Å²) < 4.78 is 50.5. The summed E-state index contributed by atoms with van der Waals surface area (Å²) in [6.07, 6.45) is 0. The van der Waals surface area contributed by atoms with Gasteiger partial charge in [0.1, 0.15) is 5.82 Å². The summed E-state index contributed by atoms with van der Waals surface area (Å²) in [5.41, 5.74) is 1.10. The number of sulfonamides is 1. The Kier molecular flexibility index (Phi) is 6.28. The summed E-state index contributed by atoms with van der Waals surface area (Å²) in [5, 5.41) is 3.75. The molecule has 0 spiro atoms. The molecule has 0 radical (unpaired) electrons. The molecule has 10 heteroatoms. The predicted molar refractivity (Wildman–Crippen MR) is 105 cm³/mol. The second-order valence-corrected chi connectivity index (χ2v) is 8.57. The molecule has 0 unspecified atom stereocenters. The molecule has 0 amide bonds. The number of benzene rings is 2. The number of carbonyl (C=O) groups excluding carboxylic acids is 1. The fraction of sp³-hybridized carbons (Fsp3) is 0.250. The summed E-state index contributed by atoms with van der Waals surface area (Å²) in [4.78, 5) is 16.3. The van der Waals surface area contributed by atoms with E-state index in [1.165, 1.54) is 30.3 Å². The zero-order valence-electron chi connectivity index (χ0n) is 16.5. The molecule has 0 aliphatic carbocycles. The van der Waals surface area contributed by atoms with Crippen molar-refractivity contribution in [3.63, 3.8) is 0 Å². The van der Waals surface area contributed by atoms with Crippen LogP contribution in [0.25, 0.3) is 11.4 Å². The van der Waals surface area contributed by atoms with Crippen LogP contribution in [-0.4, -0.2) is 30.6 Å². The minimum atomic E-state index is -3.65. The van der Waals surface area contributed by atoms with Crippen LogP contribution < -0.4 is 4.72 Å². The lowest BCUT2D eigenvalue weighted by atomic mass is 10.1. The Morgan fingerprint density at radius 3 is 2.53 bits per heavy atom. The van der Waals surface area contributed by atoms with Crippen molar-refractivity contribution in [3.8, 4) is 11.4 Å². The van der Waals surface area contributed by atoms with E-state index in [-0.39, 0.29) is 40.6 Å². The van der Waals surface area contributed by atoms with Gasteiger partial charge in [0, 0.05) is 11.6 Å². The highest BCUT2D eigenvalue weighted by molar-refractivity contribution is 7.89. The van der Waals surface area contributed by atoms with Crippen molar-refractivity contribution in [1.29, 1.82) is 0 Å². The van der Waals surface area contributed by atoms with Gasteiger partial charge in [-0.1, -0.05) is 17.3 Å². The minimum absolute atomic E-state index is 0.0413. The molecular formula is C20H20FN3O5S. The first-order chi connectivity index (χ1) is 14.2. The van der Waals surface area contributed by atoms with E-state index >= 15 is 0 Å². The van der Waals surface area contributed by atoms with E-state index in [2.05, 4.69) is 14.9 Å². The Morgan fingerprint density at radius 1 is 1.20 bits per heavy atom. The average Bonchev–Trinajstić information content (AvgIpc) is 3.16. The first-order valence-electron chi connectivity index (χ1n) is 9.04. The molecule has 158 valence electrons. The van der Waals surface area contributed by atoms with Crippen LogP contribution in [0.4, 0.5) is 4.39 Å². The maximum Gasteiger partial charge on any atom is 0.338 e. The van der Waals surface area contributed by atoms with Crippen LogP contribution in [-0.2, 0) is 21.4 Å². The fourth-order valence-electron chi connectivity index (χ4n) is 2.52. The number of nitrogens with zero attached hydrogens (tertiary/aromatic N) is 2. The third-order valence-corrected chi connectivity index (χ3v) is 5.69. The Morgan fingerprint density at radius 2 is 1.90 bits per heavy atom. The number of hydrogen-bond acceptors (Lipinski definition) is 7. The number of rotatable bonds is 7. The van der Waals surface area contributed by atoms with Gasteiger partial charge in [-0.2, -0.15) is 4.98 Å². The first kappa shape index (κ1) is 21.6. The molecule has 0 saturated carbocycles. The van der Waals surface area contributed by atoms with Crippen molar-refractivity contribution in [2.24, 2.45) is 0 Å². The van der Waals surface area contributed by atoms with Gasteiger partial charge in [-0.25, -0.2) is 22.3 Å². The molecule has 1 heterocycles. The molecule has 0 aliphatic heterocycles. The predicted octanol–water partition coefficient (Wildman–Crippen LogP) is 3.23. The number of carbonyl (C=O) groups is 1. The highest BCUT2D eigenvalue weighted by Crippen LogP contribution is 2.19. The smallest absolute Gasteiger partial charge is 0.338 e. The third-order valence-electron chi connectivity index (χ3n) is 4.02. The van der Waals surface area contributed by atoms with E-state index < -0.39 is 16.0 Å². The Hall–Kier alpha value is -3.11. The van der Waals surface area contributed by atoms with Gasteiger partial charge in [0.25, 0.3) is 5.89 Å². The maximum absolute atomic E-state index is 13.7. The lowest BCUT2D eigenvalue weighted by Gasteiger charge is -2.09. The Labute approximate surface area is 173 Å². The van der Waals surface area contributed by atoms with Crippen molar-refractivity contribution in [1.82, 2.24) is 14.9 Å². The molecule has 0 fully saturated rings. The molecule has 0 saturated heterocycles. The molecule has 3 rings (SSSR count). The number of aryl methyl sites for hydroxylation is 1. The molecule has 0 atom stereocenters. The van der Waals surface area contributed by atoms with E-state index in [0.29, 0.717) is 11.1 Å². The zero-order chi connectivity index (χ0) is 21.9. The normalized spacial score (nSPS) is 11.6. The number of aromatic nitrogens is 2. The van der Waals surface area contributed by atoms with Crippen molar-refractivity contribution in [3.05, 3.63) is 65.3 Å². The molecule has 1 aromatic heterocycles. The summed E-state index contributed by atoms with van der Waals surface area (Å²) in [6, 6.07) is 9.63. The molecule has 0 bridgehead atoms. The standard InChI is InChI=1S/C20H20FN3O5S/c1-12(2)24-30(26,27)16-8-6-14(7-9-16)20(25)28-11-18-22-19(23-29-18)15-5-4-13(3)17(21)10-15/h4-10,12,24H,11H2,1-3H3. The second-order valence-electron chi connectivity index (χ2n) is 6.85. The van der Waals surface area contributed by atoms with Crippen molar-refractivity contribution >= 4 is 16.0 Å². The van der Waals surface area contributed by atoms with Gasteiger partial charge in [0.15, 0.2) is 6.61 Å². The second kappa shape index (κ2) is 8.72. The number of halogens is 1. The van der Waals surface area contributed by atoms with Crippen LogP contribution in [0.2, 0.25) is 0 Å². The summed E-state index contributed by atoms with van der Waals surface area (Å²) in [7, 11) is -3.65. The van der Waals surface area contributed by atoms with Crippen LogP contribution in [0.5, 0.6) is 0 Å². The fourth-order valence-corrected chi connectivity index (χ4v) is 3.77. The van der Waals surface area contributed by atoms with Gasteiger partial charge < -0.3 is 9.26 Å². The molecule has 8 nitrogen and oxygen atoms in total.